The van der Waals surface area contributed by atoms with Crippen molar-refractivity contribution < 1.29 is 4.39 Å². The molecular weight excluding hydrogens is 215 g/mol. The molecule has 0 N–H and O–H groups in total. The van der Waals surface area contributed by atoms with E-state index in [1.165, 1.54) is 12.8 Å². The minimum atomic E-state index is -0.200. The second-order valence-electron chi connectivity index (χ2n) is 5.35. The number of rotatable bonds is 2. The highest BCUT2D eigenvalue weighted by atomic mass is 19.1. The van der Waals surface area contributed by atoms with E-state index in [1.54, 1.807) is 19.2 Å². The summed E-state index contributed by atoms with van der Waals surface area (Å²) in [5.74, 6) is 1.21. The summed E-state index contributed by atoms with van der Waals surface area (Å²) in [5.41, 5.74) is 1.41. The van der Waals surface area contributed by atoms with Crippen molar-refractivity contribution in [1.82, 2.24) is 4.98 Å². The maximum atomic E-state index is 13.5. The standard InChI is InChI=1S/C14H21FN2/c1-10(2)12-5-4-6-17(9-12)13-7-14(15)11(3)16-8-13/h7-8,10,12H,4-6,9H2,1-3H3. The van der Waals surface area contributed by atoms with E-state index in [4.69, 9.17) is 0 Å². The van der Waals surface area contributed by atoms with Gasteiger partial charge in [-0.3, -0.25) is 4.98 Å². The molecule has 0 aliphatic carbocycles. The minimum Gasteiger partial charge on any atom is -0.370 e. The molecule has 0 aromatic carbocycles. The van der Waals surface area contributed by atoms with Crippen LogP contribution < -0.4 is 4.90 Å². The first-order valence-corrected chi connectivity index (χ1v) is 6.45. The van der Waals surface area contributed by atoms with Crippen molar-refractivity contribution in [3.8, 4) is 0 Å². The molecular formula is C14H21FN2. The Morgan fingerprint density at radius 1 is 1.47 bits per heavy atom. The van der Waals surface area contributed by atoms with Crippen molar-refractivity contribution in [3.05, 3.63) is 23.8 Å². The van der Waals surface area contributed by atoms with Crippen LogP contribution in [0.1, 0.15) is 32.4 Å². The summed E-state index contributed by atoms with van der Waals surface area (Å²) in [6.45, 7) is 8.28. The highest BCUT2D eigenvalue weighted by Gasteiger charge is 2.23. The van der Waals surface area contributed by atoms with Gasteiger partial charge in [-0.05, 0) is 31.6 Å². The Bertz CT molecular complexity index is 390. The predicted molar refractivity (Wildman–Crippen MR) is 68.7 cm³/mol. The third-order valence-corrected chi connectivity index (χ3v) is 3.78. The molecule has 1 fully saturated rings. The van der Waals surface area contributed by atoms with Gasteiger partial charge in [-0.15, -0.1) is 0 Å². The van der Waals surface area contributed by atoms with E-state index in [9.17, 15) is 4.39 Å². The molecule has 0 saturated carbocycles. The molecule has 3 heteroatoms. The van der Waals surface area contributed by atoms with Crippen LogP contribution in [0.2, 0.25) is 0 Å². The lowest BCUT2D eigenvalue weighted by Gasteiger charge is -2.36. The number of halogens is 1. The minimum absolute atomic E-state index is 0.200. The number of anilines is 1. The number of hydrogen-bond donors (Lipinski definition) is 0. The molecule has 0 bridgehead atoms. The largest absolute Gasteiger partial charge is 0.370 e. The van der Waals surface area contributed by atoms with Crippen molar-refractivity contribution in [3.63, 3.8) is 0 Å². The third kappa shape index (κ3) is 2.76. The van der Waals surface area contributed by atoms with Gasteiger partial charge in [0.1, 0.15) is 5.82 Å². The number of pyridine rings is 1. The Kier molecular flexibility index (Phi) is 3.65. The Hall–Kier alpha value is -1.12. The molecule has 1 unspecified atom stereocenters. The van der Waals surface area contributed by atoms with Crippen LogP contribution in [0.15, 0.2) is 12.3 Å². The average Bonchev–Trinajstić information content (AvgIpc) is 2.33. The molecule has 1 aromatic heterocycles. The topological polar surface area (TPSA) is 16.1 Å². The lowest BCUT2D eigenvalue weighted by molar-refractivity contribution is 0.321. The second kappa shape index (κ2) is 5.03. The molecule has 1 atom stereocenters. The van der Waals surface area contributed by atoms with Crippen molar-refractivity contribution in [1.29, 1.82) is 0 Å². The monoisotopic (exact) mass is 236 g/mol. The van der Waals surface area contributed by atoms with E-state index >= 15 is 0 Å². The van der Waals surface area contributed by atoms with E-state index in [0.29, 0.717) is 17.5 Å². The van der Waals surface area contributed by atoms with Crippen LogP contribution in [0, 0.1) is 24.6 Å². The Balaban J connectivity index is 2.13. The molecule has 1 aliphatic rings. The summed E-state index contributed by atoms with van der Waals surface area (Å²) in [4.78, 5) is 6.37. The summed E-state index contributed by atoms with van der Waals surface area (Å²) in [5, 5.41) is 0. The fourth-order valence-corrected chi connectivity index (χ4v) is 2.46. The normalized spacial score (nSPS) is 21.0. The maximum absolute atomic E-state index is 13.5. The number of aryl methyl sites for hydroxylation is 1. The maximum Gasteiger partial charge on any atom is 0.146 e. The molecule has 1 aliphatic heterocycles. The molecule has 94 valence electrons. The zero-order chi connectivity index (χ0) is 12.4. The number of nitrogens with zero attached hydrogens (tertiary/aromatic N) is 2. The van der Waals surface area contributed by atoms with Crippen LogP contribution >= 0.6 is 0 Å². The van der Waals surface area contributed by atoms with E-state index < -0.39 is 0 Å². The lowest BCUT2D eigenvalue weighted by Crippen LogP contribution is -2.37. The first-order valence-electron chi connectivity index (χ1n) is 6.45. The van der Waals surface area contributed by atoms with Gasteiger partial charge in [-0.2, -0.15) is 0 Å². The van der Waals surface area contributed by atoms with Gasteiger partial charge in [-0.25, -0.2) is 4.39 Å². The summed E-state index contributed by atoms with van der Waals surface area (Å²) >= 11 is 0. The van der Waals surface area contributed by atoms with Gasteiger partial charge in [0.15, 0.2) is 0 Å². The Morgan fingerprint density at radius 2 is 2.24 bits per heavy atom. The van der Waals surface area contributed by atoms with Crippen molar-refractivity contribution in [2.45, 2.75) is 33.6 Å². The quantitative estimate of drug-likeness (QED) is 0.782. The van der Waals surface area contributed by atoms with E-state index in [0.717, 1.165) is 18.8 Å². The van der Waals surface area contributed by atoms with Gasteiger partial charge >= 0.3 is 0 Å². The first kappa shape index (κ1) is 12.3. The van der Waals surface area contributed by atoms with E-state index in [1.807, 2.05) is 0 Å². The van der Waals surface area contributed by atoms with Crippen LogP contribution in [0.4, 0.5) is 10.1 Å². The molecule has 17 heavy (non-hydrogen) atoms. The van der Waals surface area contributed by atoms with Crippen LogP contribution in [-0.2, 0) is 0 Å². The molecule has 0 amide bonds. The zero-order valence-corrected chi connectivity index (χ0v) is 10.9. The number of aromatic nitrogens is 1. The Labute approximate surface area is 103 Å². The summed E-state index contributed by atoms with van der Waals surface area (Å²) in [6, 6.07) is 1.62. The van der Waals surface area contributed by atoms with E-state index in [-0.39, 0.29) is 5.82 Å². The van der Waals surface area contributed by atoms with Crippen molar-refractivity contribution in [2.75, 3.05) is 18.0 Å². The smallest absolute Gasteiger partial charge is 0.146 e. The summed E-state index contributed by atoms with van der Waals surface area (Å²) in [6.07, 6.45) is 4.27. The van der Waals surface area contributed by atoms with E-state index in [2.05, 4.69) is 23.7 Å². The summed E-state index contributed by atoms with van der Waals surface area (Å²) in [7, 11) is 0. The Morgan fingerprint density at radius 3 is 2.88 bits per heavy atom. The first-order chi connectivity index (χ1) is 8.08. The van der Waals surface area contributed by atoms with Crippen molar-refractivity contribution in [2.24, 2.45) is 11.8 Å². The van der Waals surface area contributed by atoms with Crippen LogP contribution in [0.25, 0.3) is 0 Å². The molecule has 2 nitrogen and oxygen atoms in total. The van der Waals surface area contributed by atoms with Gasteiger partial charge in [0.25, 0.3) is 0 Å². The van der Waals surface area contributed by atoms with Gasteiger partial charge < -0.3 is 4.90 Å². The number of piperidine rings is 1. The van der Waals surface area contributed by atoms with Crippen molar-refractivity contribution >= 4 is 5.69 Å². The molecule has 2 heterocycles. The van der Waals surface area contributed by atoms with Gasteiger partial charge in [0, 0.05) is 19.2 Å². The van der Waals surface area contributed by atoms with Crippen LogP contribution in [-0.4, -0.2) is 18.1 Å². The SMILES string of the molecule is Cc1ncc(N2CCCC(C(C)C)C2)cc1F. The van der Waals surface area contributed by atoms with Gasteiger partial charge in [0.05, 0.1) is 17.6 Å². The van der Waals surface area contributed by atoms with Crippen LogP contribution in [0.3, 0.4) is 0 Å². The third-order valence-electron chi connectivity index (χ3n) is 3.78. The van der Waals surface area contributed by atoms with Gasteiger partial charge in [-0.1, -0.05) is 13.8 Å². The second-order valence-corrected chi connectivity index (χ2v) is 5.35. The fourth-order valence-electron chi connectivity index (χ4n) is 2.46. The molecule has 2 rings (SSSR count). The fraction of sp³-hybridized carbons (Fsp3) is 0.643. The predicted octanol–water partition coefficient (Wildman–Crippen LogP) is 3.40. The highest BCUT2D eigenvalue weighted by Crippen LogP contribution is 2.27. The average molecular weight is 236 g/mol. The highest BCUT2D eigenvalue weighted by molar-refractivity contribution is 5.45. The molecule has 1 aromatic rings. The zero-order valence-electron chi connectivity index (χ0n) is 10.9. The number of hydrogen-bond acceptors (Lipinski definition) is 2. The molecule has 1 saturated heterocycles. The lowest BCUT2D eigenvalue weighted by atomic mass is 9.88. The molecule has 0 radical (unpaired) electrons. The van der Waals surface area contributed by atoms with Gasteiger partial charge in [0.2, 0.25) is 0 Å². The molecule has 0 spiro atoms. The summed E-state index contributed by atoms with van der Waals surface area (Å²) < 4.78 is 13.5. The van der Waals surface area contributed by atoms with Crippen LogP contribution in [0.5, 0.6) is 0 Å².